The highest BCUT2D eigenvalue weighted by Crippen LogP contribution is 2.35. The van der Waals surface area contributed by atoms with Crippen LogP contribution in [0.1, 0.15) is 69.5 Å². The second-order valence-electron chi connectivity index (χ2n) is 18.6. The van der Waals surface area contributed by atoms with Gasteiger partial charge in [0.15, 0.2) is 12.6 Å². The predicted octanol–water partition coefficient (Wildman–Crippen LogP) is 7.99. The molecule has 2 aliphatic rings. The molecule has 2 saturated heterocycles. The van der Waals surface area contributed by atoms with Crippen molar-refractivity contribution < 1.29 is 19.0 Å². The van der Waals surface area contributed by atoms with Gasteiger partial charge < -0.3 is 40.4 Å². The van der Waals surface area contributed by atoms with Crippen molar-refractivity contribution in [2.75, 3.05) is 94.9 Å². The molecule has 0 spiro atoms. The lowest BCUT2D eigenvalue weighted by Crippen LogP contribution is -2.47. The fourth-order valence-corrected chi connectivity index (χ4v) is 9.48. The molecule has 4 heterocycles. The number of thiazole rings is 1. The van der Waals surface area contributed by atoms with Crippen molar-refractivity contribution in [1.29, 1.82) is 0 Å². The molecule has 0 radical (unpaired) electrons. The van der Waals surface area contributed by atoms with Crippen LogP contribution in [0.5, 0.6) is 5.75 Å². The van der Waals surface area contributed by atoms with E-state index in [2.05, 4.69) is 115 Å². The summed E-state index contributed by atoms with van der Waals surface area (Å²) < 4.78 is 16.8. The van der Waals surface area contributed by atoms with Crippen molar-refractivity contribution in [1.82, 2.24) is 35.6 Å². The molecular weight excluding hydrogens is 837 g/mol. The number of hydrogen-bond acceptors (Lipinski definition) is 14. The Bertz CT molecular complexity index is 2310. The fraction of sp³-hybridized carbons (Fsp3) is 0.480. The number of ether oxygens (including phenoxy) is 3. The van der Waals surface area contributed by atoms with Crippen LogP contribution in [0.2, 0.25) is 0 Å². The number of nitrogen functional groups attached to an aromatic ring is 1. The van der Waals surface area contributed by atoms with Crippen LogP contribution in [0.3, 0.4) is 0 Å². The number of anilines is 3. The molecule has 65 heavy (non-hydrogen) atoms. The number of aryl methyl sites for hydroxylation is 1. The normalized spacial score (nSPS) is 16.2. The Hall–Kier alpha value is -5.32. The van der Waals surface area contributed by atoms with E-state index in [0.29, 0.717) is 23.2 Å². The Morgan fingerprint density at radius 1 is 1.02 bits per heavy atom. The lowest BCUT2D eigenvalue weighted by Gasteiger charge is -2.37. The van der Waals surface area contributed by atoms with Gasteiger partial charge in [-0.05, 0) is 94.1 Å². The zero-order valence-electron chi connectivity index (χ0n) is 39.3. The van der Waals surface area contributed by atoms with E-state index in [4.69, 9.17) is 19.9 Å². The van der Waals surface area contributed by atoms with E-state index in [-0.39, 0.29) is 25.0 Å². The van der Waals surface area contributed by atoms with Crippen LogP contribution in [0.4, 0.5) is 22.0 Å². The van der Waals surface area contributed by atoms with Crippen LogP contribution in [-0.4, -0.2) is 116 Å². The van der Waals surface area contributed by atoms with Crippen LogP contribution in [-0.2, 0) is 22.6 Å². The number of alkyl carbamates (subject to hydrolysis) is 1. The zero-order chi connectivity index (χ0) is 45.9. The van der Waals surface area contributed by atoms with Crippen molar-refractivity contribution in [2.24, 2.45) is 5.92 Å². The molecule has 7 rings (SSSR count). The first-order chi connectivity index (χ1) is 31.3. The lowest BCUT2D eigenvalue weighted by molar-refractivity contribution is 0.0515. The standard InChI is InChI=1S/C50H68N10O4S/c1-35(2)30-59(44-27-38(47-36(3)53-33-65-47)15-16-39(44)32-63-49(61)54-50(4,5)6)21-10-20-57-23-25-58(26-24-57)40-17-13-37(14-18-40)31-60-22-19-52-29-45(60)42-28-43(55-56-48(42)51)41-11-8-9-12-46(41)64-34-62-7/h8-9,11-18,27-28,33,35,45,52H,10,19-26,29-32,34H2,1-7H3,(H2,51,56)(H,54,61). The summed E-state index contributed by atoms with van der Waals surface area (Å²) in [5, 5.41) is 15.4. The molecular formula is C50H68N10O4S. The highest BCUT2D eigenvalue weighted by molar-refractivity contribution is 7.13. The van der Waals surface area contributed by atoms with E-state index in [1.54, 1.807) is 18.4 Å². The SMILES string of the molecule is COCOc1ccccc1-c1cc(C2CNCCN2Cc2ccc(N3CCN(CCCN(CC(C)C)c4cc(-c5scnc5C)ccc4COC(=O)NC(C)(C)C)CC3)cc2)c(N)nn1. The highest BCUT2D eigenvalue weighted by Gasteiger charge is 2.28. The van der Waals surface area contributed by atoms with Crippen molar-refractivity contribution in [3.8, 4) is 27.4 Å². The molecule has 0 bridgehead atoms. The van der Waals surface area contributed by atoms with Gasteiger partial charge in [0.25, 0.3) is 0 Å². The van der Waals surface area contributed by atoms with Crippen molar-refractivity contribution >= 4 is 34.6 Å². The van der Waals surface area contributed by atoms with Gasteiger partial charge in [-0.3, -0.25) is 9.80 Å². The monoisotopic (exact) mass is 905 g/mol. The molecule has 1 atom stereocenters. The smallest absolute Gasteiger partial charge is 0.407 e. The number of carbonyl (C=O) groups excluding carboxylic acids is 1. The third-order valence-corrected chi connectivity index (χ3v) is 12.9. The third-order valence-electron chi connectivity index (χ3n) is 11.9. The Labute approximate surface area is 389 Å². The van der Waals surface area contributed by atoms with Crippen LogP contribution in [0.15, 0.2) is 78.3 Å². The van der Waals surface area contributed by atoms with E-state index in [9.17, 15) is 4.79 Å². The molecule has 2 aliphatic heterocycles. The number of benzene rings is 3. The number of carbonyl (C=O) groups is 1. The minimum absolute atomic E-state index is 0.0381. The van der Waals surface area contributed by atoms with E-state index >= 15 is 0 Å². The largest absolute Gasteiger partial charge is 0.467 e. The molecule has 3 aromatic carbocycles. The number of methoxy groups -OCH3 is 1. The minimum Gasteiger partial charge on any atom is -0.467 e. The van der Waals surface area contributed by atoms with E-state index in [1.165, 1.54) is 16.1 Å². The first-order valence-corrected chi connectivity index (χ1v) is 23.8. The van der Waals surface area contributed by atoms with Crippen LogP contribution < -0.4 is 30.9 Å². The molecule has 1 amide bonds. The van der Waals surface area contributed by atoms with Gasteiger partial charge in [-0.2, -0.15) is 0 Å². The molecule has 15 heteroatoms. The number of nitrogens with zero attached hydrogens (tertiary/aromatic N) is 7. The molecule has 2 fully saturated rings. The summed E-state index contributed by atoms with van der Waals surface area (Å²) in [6.45, 7) is 23.0. The van der Waals surface area contributed by atoms with Gasteiger partial charge in [-0.25, -0.2) is 9.78 Å². The lowest BCUT2D eigenvalue weighted by atomic mass is 10.0. The van der Waals surface area contributed by atoms with Gasteiger partial charge in [0.1, 0.15) is 12.4 Å². The number of nitrogens with one attached hydrogen (secondary N) is 2. The number of para-hydroxylation sites is 1. The Morgan fingerprint density at radius 2 is 1.80 bits per heavy atom. The van der Waals surface area contributed by atoms with Gasteiger partial charge in [-0.1, -0.05) is 50.2 Å². The number of nitrogens with two attached hydrogens (primary N) is 1. The van der Waals surface area contributed by atoms with E-state index in [1.807, 2.05) is 50.5 Å². The number of aromatic nitrogens is 3. The maximum Gasteiger partial charge on any atom is 0.407 e. The van der Waals surface area contributed by atoms with Gasteiger partial charge >= 0.3 is 6.09 Å². The molecule has 1 unspecified atom stereocenters. The zero-order valence-corrected chi connectivity index (χ0v) is 40.1. The number of amides is 1. The molecule has 5 aromatic rings. The molecule has 4 N–H and O–H groups in total. The summed E-state index contributed by atoms with van der Waals surface area (Å²) >= 11 is 1.66. The Morgan fingerprint density at radius 3 is 2.52 bits per heavy atom. The summed E-state index contributed by atoms with van der Waals surface area (Å²) in [5.74, 6) is 1.58. The van der Waals surface area contributed by atoms with E-state index in [0.717, 1.165) is 112 Å². The Kier molecular flexibility index (Phi) is 16.3. The first-order valence-electron chi connectivity index (χ1n) is 22.9. The second-order valence-corrected chi connectivity index (χ2v) is 19.4. The van der Waals surface area contributed by atoms with Gasteiger partial charge in [0, 0.05) is 106 Å². The number of hydrogen-bond donors (Lipinski definition) is 3. The predicted molar refractivity (Wildman–Crippen MR) is 263 cm³/mol. The third kappa shape index (κ3) is 12.9. The minimum atomic E-state index is -0.409. The van der Waals surface area contributed by atoms with Crippen LogP contribution in [0, 0.1) is 12.8 Å². The summed E-state index contributed by atoms with van der Waals surface area (Å²) in [4.78, 5) is 28.5. The average molecular weight is 905 g/mol. The Balaban J connectivity index is 0.950. The summed E-state index contributed by atoms with van der Waals surface area (Å²) in [6, 6.07) is 25.5. The van der Waals surface area contributed by atoms with Crippen molar-refractivity contribution in [3.05, 3.63) is 101 Å². The van der Waals surface area contributed by atoms with Gasteiger partial charge in [-0.15, -0.1) is 21.5 Å². The molecule has 2 aromatic heterocycles. The average Bonchev–Trinajstić information content (AvgIpc) is 3.73. The number of rotatable bonds is 18. The van der Waals surface area contributed by atoms with Crippen LogP contribution >= 0.6 is 11.3 Å². The van der Waals surface area contributed by atoms with Gasteiger partial charge in [0.05, 0.1) is 27.8 Å². The summed E-state index contributed by atoms with van der Waals surface area (Å²) in [6.07, 6.45) is 0.621. The highest BCUT2D eigenvalue weighted by atomic mass is 32.1. The molecule has 348 valence electrons. The maximum atomic E-state index is 12.7. The summed E-state index contributed by atoms with van der Waals surface area (Å²) in [5.41, 5.74) is 17.4. The number of piperazine rings is 2. The van der Waals surface area contributed by atoms with E-state index < -0.39 is 6.09 Å². The maximum absolute atomic E-state index is 12.7. The van der Waals surface area contributed by atoms with Crippen molar-refractivity contribution in [3.63, 3.8) is 0 Å². The quantitative estimate of drug-likeness (QED) is 0.0732. The summed E-state index contributed by atoms with van der Waals surface area (Å²) in [7, 11) is 1.61. The molecule has 0 saturated carbocycles. The fourth-order valence-electron chi connectivity index (χ4n) is 8.68. The molecule has 14 nitrogen and oxygen atoms in total. The first kappa shape index (κ1) is 47.6. The van der Waals surface area contributed by atoms with Crippen molar-refractivity contribution in [2.45, 2.75) is 72.7 Å². The van der Waals surface area contributed by atoms with Crippen LogP contribution in [0.25, 0.3) is 21.7 Å². The second kappa shape index (κ2) is 22.2. The van der Waals surface area contributed by atoms with Gasteiger partial charge in [0.2, 0.25) is 0 Å². The molecule has 0 aliphatic carbocycles. The topological polar surface area (TPSA) is 146 Å².